The van der Waals surface area contributed by atoms with E-state index in [2.05, 4.69) is 10.3 Å². The minimum absolute atomic E-state index is 0.142. The van der Waals surface area contributed by atoms with Gasteiger partial charge in [0, 0.05) is 0 Å². The molecule has 0 aliphatic carbocycles. The fraction of sp³-hybridized carbons (Fsp3) is 0.267. The van der Waals surface area contributed by atoms with Crippen LogP contribution in [0.3, 0.4) is 0 Å². The monoisotopic (exact) mass is 262 g/mol. The highest BCUT2D eigenvalue weighted by atomic mass is 19.1. The van der Waals surface area contributed by atoms with E-state index in [-0.39, 0.29) is 17.7 Å². The van der Waals surface area contributed by atoms with Crippen molar-refractivity contribution in [2.75, 3.05) is 5.32 Å². The third-order valence-corrected chi connectivity index (χ3v) is 2.97. The van der Waals surface area contributed by atoms with E-state index < -0.39 is 0 Å². The summed E-state index contributed by atoms with van der Waals surface area (Å²) in [5.74, 6) is -0.675. The summed E-state index contributed by atoms with van der Waals surface area (Å²) in [6, 6.07) is 7.74. The van der Waals surface area contributed by atoms with Gasteiger partial charge in [-0.3, -0.25) is 4.98 Å². The topological polar surface area (TPSA) is 24.9 Å². The smallest absolute Gasteiger partial charge is 0.146 e. The van der Waals surface area contributed by atoms with E-state index in [0.717, 1.165) is 12.0 Å². The van der Waals surface area contributed by atoms with Crippen molar-refractivity contribution in [3.63, 3.8) is 0 Å². The van der Waals surface area contributed by atoms with Crippen molar-refractivity contribution in [1.29, 1.82) is 0 Å². The van der Waals surface area contributed by atoms with Crippen LogP contribution in [0.5, 0.6) is 0 Å². The van der Waals surface area contributed by atoms with Gasteiger partial charge in [-0.25, -0.2) is 8.78 Å². The molecule has 2 aromatic rings. The summed E-state index contributed by atoms with van der Waals surface area (Å²) in [6.45, 7) is 3.87. The molecule has 0 fully saturated rings. The Balaban J connectivity index is 2.23. The first kappa shape index (κ1) is 13.5. The van der Waals surface area contributed by atoms with Gasteiger partial charge in [0.1, 0.15) is 11.6 Å². The van der Waals surface area contributed by atoms with Gasteiger partial charge in [-0.15, -0.1) is 0 Å². The molecule has 1 N–H and O–H groups in total. The number of nitrogens with one attached hydrogen (secondary N) is 1. The number of nitrogens with zero attached hydrogens (tertiary/aromatic N) is 1. The van der Waals surface area contributed by atoms with E-state index in [9.17, 15) is 8.78 Å². The van der Waals surface area contributed by atoms with Crippen LogP contribution in [0.4, 0.5) is 14.5 Å². The quantitative estimate of drug-likeness (QED) is 0.891. The van der Waals surface area contributed by atoms with E-state index in [1.54, 1.807) is 18.2 Å². The fourth-order valence-electron chi connectivity index (χ4n) is 1.92. The van der Waals surface area contributed by atoms with Gasteiger partial charge < -0.3 is 5.32 Å². The first-order valence-electron chi connectivity index (χ1n) is 6.24. The van der Waals surface area contributed by atoms with E-state index in [4.69, 9.17) is 0 Å². The van der Waals surface area contributed by atoms with Crippen LogP contribution >= 0.6 is 0 Å². The Labute approximate surface area is 111 Å². The molecule has 0 spiro atoms. The van der Waals surface area contributed by atoms with Crippen LogP contribution in [0.2, 0.25) is 0 Å². The minimum Gasteiger partial charge on any atom is -0.374 e. The van der Waals surface area contributed by atoms with Crippen molar-refractivity contribution in [3.8, 4) is 0 Å². The summed E-state index contributed by atoms with van der Waals surface area (Å²) in [5, 5.41) is 3.11. The Hall–Kier alpha value is -1.97. The van der Waals surface area contributed by atoms with Crippen LogP contribution in [0.15, 0.2) is 36.5 Å². The second-order valence-electron chi connectivity index (χ2n) is 4.49. The average Bonchev–Trinajstić information content (AvgIpc) is 2.41. The highest BCUT2D eigenvalue weighted by Crippen LogP contribution is 2.24. The van der Waals surface area contributed by atoms with Gasteiger partial charge in [0.15, 0.2) is 0 Å². The van der Waals surface area contributed by atoms with Crippen LogP contribution in [0, 0.1) is 18.6 Å². The first-order chi connectivity index (χ1) is 9.10. The Morgan fingerprint density at radius 1 is 1.21 bits per heavy atom. The van der Waals surface area contributed by atoms with Gasteiger partial charge in [-0.1, -0.05) is 13.0 Å². The molecule has 0 saturated carbocycles. The second kappa shape index (κ2) is 5.78. The van der Waals surface area contributed by atoms with Crippen LogP contribution in [0.25, 0.3) is 0 Å². The lowest BCUT2D eigenvalue weighted by molar-refractivity contribution is 0.609. The van der Waals surface area contributed by atoms with Crippen molar-refractivity contribution < 1.29 is 8.78 Å². The molecule has 1 heterocycles. The average molecular weight is 262 g/mol. The summed E-state index contributed by atoms with van der Waals surface area (Å²) in [5.41, 5.74) is 2.12. The molecule has 0 aliphatic rings. The number of aromatic nitrogens is 1. The van der Waals surface area contributed by atoms with Crippen LogP contribution in [0.1, 0.15) is 30.6 Å². The number of halogens is 2. The molecule has 0 radical (unpaired) electrons. The fourth-order valence-corrected chi connectivity index (χ4v) is 1.92. The molecule has 0 aliphatic heterocycles. The highest BCUT2D eigenvalue weighted by Gasteiger charge is 2.13. The maximum Gasteiger partial charge on any atom is 0.146 e. The Morgan fingerprint density at radius 2 is 2.00 bits per heavy atom. The summed E-state index contributed by atoms with van der Waals surface area (Å²) >= 11 is 0. The number of rotatable bonds is 4. The zero-order valence-corrected chi connectivity index (χ0v) is 11.0. The molecule has 2 nitrogen and oxygen atoms in total. The van der Waals surface area contributed by atoms with Gasteiger partial charge in [0.05, 0.1) is 23.6 Å². The standard InChI is InChI=1S/C15H16F2N2/c1-3-13(14-7-5-11(16)9-18-14)19-15-8-10(2)4-6-12(15)17/h4-9,13,19H,3H2,1-2H3. The van der Waals surface area contributed by atoms with E-state index >= 15 is 0 Å². The van der Waals surface area contributed by atoms with Crippen molar-refractivity contribution in [1.82, 2.24) is 4.98 Å². The molecule has 1 unspecified atom stereocenters. The lowest BCUT2D eigenvalue weighted by atomic mass is 10.1. The zero-order valence-electron chi connectivity index (χ0n) is 11.0. The maximum atomic E-state index is 13.7. The molecule has 1 aromatic heterocycles. The molecule has 2 rings (SSSR count). The van der Waals surface area contributed by atoms with E-state index in [1.165, 1.54) is 18.3 Å². The minimum atomic E-state index is -0.375. The molecular weight excluding hydrogens is 246 g/mol. The summed E-state index contributed by atoms with van der Waals surface area (Å²) in [7, 11) is 0. The molecule has 19 heavy (non-hydrogen) atoms. The molecule has 1 aromatic carbocycles. The molecule has 1 atom stereocenters. The van der Waals surface area contributed by atoms with Crippen molar-refractivity contribution in [2.24, 2.45) is 0 Å². The third kappa shape index (κ3) is 3.28. The molecule has 0 saturated heterocycles. The van der Waals surface area contributed by atoms with Gasteiger partial charge in [-0.2, -0.15) is 0 Å². The zero-order chi connectivity index (χ0) is 13.8. The van der Waals surface area contributed by atoms with Gasteiger partial charge in [0.25, 0.3) is 0 Å². The van der Waals surface area contributed by atoms with Crippen LogP contribution < -0.4 is 5.32 Å². The number of pyridine rings is 1. The van der Waals surface area contributed by atoms with Gasteiger partial charge in [-0.05, 0) is 43.2 Å². The first-order valence-corrected chi connectivity index (χ1v) is 6.24. The molecular formula is C15H16F2N2. The predicted molar refractivity (Wildman–Crippen MR) is 72.0 cm³/mol. The number of benzene rings is 1. The number of hydrogen-bond donors (Lipinski definition) is 1. The Bertz CT molecular complexity index is 553. The Morgan fingerprint density at radius 3 is 2.63 bits per heavy atom. The maximum absolute atomic E-state index is 13.7. The molecule has 100 valence electrons. The number of hydrogen-bond acceptors (Lipinski definition) is 2. The second-order valence-corrected chi connectivity index (χ2v) is 4.49. The summed E-state index contributed by atoms with van der Waals surface area (Å²) in [6.07, 6.45) is 1.90. The van der Waals surface area contributed by atoms with Crippen LogP contribution in [-0.4, -0.2) is 4.98 Å². The summed E-state index contributed by atoms with van der Waals surface area (Å²) < 4.78 is 26.6. The normalized spacial score (nSPS) is 12.2. The van der Waals surface area contributed by atoms with E-state index in [0.29, 0.717) is 11.4 Å². The van der Waals surface area contributed by atoms with Crippen molar-refractivity contribution in [2.45, 2.75) is 26.3 Å². The predicted octanol–water partition coefficient (Wildman–Crippen LogP) is 4.23. The number of anilines is 1. The lowest BCUT2D eigenvalue weighted by Crippen LogP contribution is -2.12. The SMILES string of the molecule is CCC(Nc1cc(C)ccc1F)c1ccc(F)cn1. The van der Waals surface area contributed by atoms with Gasteiger partial charge in [0.2, 0.25) is 0 Å². The van der Waals surface area contributed by atoms with E-state index in [1.807, 2.05) is 13.8 Å². The third-order valence-electron chi connectivity index (χ3n) is 2.97. The van der Waals surface area contributed by atoms with Gasteiger partial charge >= 0.3 is 0 Å². The Kier molecular flexibility index (Phi) is 4.10. The van der Waals surface area contributed by atoms with Crippen molar-refractivity contribution in [3.05, 3.63) is 59.4 Å². The van der Waals surface area contributed by atoms with Crippen molar-refractivity contribution >= 4 is 5.69 Å². The molecule has 4 heteroatoms. The molecule has 0 amide bonds. The molecule has 0 bridgehead atoms. The number of aryl methyl sites for hydroxylation is 1. The highest BCUT2D eigenvalue weighted by molar-refractivity contribution is 5.48. The van der Waals surface area contributed by atoms with Crippen LogP contribution in [-0.2, 0) is 0 Å². The largest absolute Gasteiger partial charge is 0.374 e. The summed E-state index contributed by atoms with van der Waals surface area (Å²) in [4.78, 5) is 4.04. The lowest BCUT2D eigenvalue weighted by Gasteiger charge is -2.18.